The molecule has 5 heteroatoms. The zero-order valence-corrected chi connectivity index (χ0v) is 6.10. The van der Waals surface area contributed by atoms with Crippen LogP contribution in [0.25, 0.3) is 0 Å². The van der Waals surface area contributed by atoms with Gasteiger partial charge in [-0.3, -0.25) is 0 Å². The lowest BCUT2D eigenvalue weighted by molar-refractivity contribution is 0.648. The highest BCUT2D eigenvalue weighted by Crippen LogP contribution is 2.10. The maximum atomic E-state index is 5.68. The first-order valence-corrected chi connectivity index (χ1v) is 3.59. The summed E-state index contributed by atoms with van der Waals surface area (Å²) in [4.78, 5) is 0. The number of halogens is 1. The Kier molecular flexibility index (Phi) is 1.27. The van der Waals surface area contributed by atoms with Crippen molar-refractivity contribution in [2.45, 2.75) is 12.8 Å². The van der Waals surface area contributed by atoms with Crippen molar-refractivity contribution in [3.8, 4) is 0 Å². The summed E-state index contributed by atoms with van der Waals surface area (Å²) >= 11 is 5.68. The first kappa shape index (κ1) is 5.97. The molecule has 2 heterocycles. The Hall–Kier alpha value is -0.770. The molecule has 0 fully saturated rings. The van der Waals surface area contributed by atoms with Crippen molar-refractivity contribution in [3.63, 3.8) is 0 Å². The first-order valence-electron chi connectivity index (χ1n) is 3.21. The Morgan fingerprint density at radius 2 is 2.40 bits per heavy atom. The zero-order chi connectivity index (χ0) is 6.97. The van der Waals surface area contributed by atoms with Gasteiger partial charge in [0.25, 0.3) is 0 Å². The SMILES string of the molecule is Clc1nnc2n1NCCC2. The molecule has 0 saturated heterocycles. The van der Waals surface area contributed by atoms with E-state index in [2.05, 4.69) is 15.6 Å². The second kappa shape index (κ2) is 2.12. The smallest absolute Gasteiger partial charge is 0.243 e. The maximum Gasteiger partial charge on any atom is 0.243 e. The second-order valence-electron chi connectivity index (χ2n) is 2.23. The lowest BCUT2D eigenvalue weighted by Gasteiger charge is -2.14. The Balaban J connectivity index is 2.45. The molecule has 0 aromatic carbocycles. The predicted molar refractivity (Wildman–Crippen MR) is 37.6 cm³/mol. The topological polar surface area (TPSA) is 42.7 Å². The number of aromatic nitrogens is 3. The molecule has 0 aliphatic carbocycles. The van der Waals surface area contributed by atoms with Gasteiger partial charge >= 0.3 is 0 Å². The fourth-order valence-corrected chi connectivity index (χ4v) is 1.25. The molecule has 0 amide bonds. The third-order valence-electron chi connectivity index (χ3n) is 1.54. The molecule has 2 rings (SSSR count). The predicted octanol–water partition coefficient (Wildman–Crippen LogP) is 0.421. The molecule has 0 saturated carbocycles. The van der Waals surface area contributed by atoms with Crippen LogP contribution in [0.3, 0.4) is 0 Å². The molecular formula is C5H7ClN4. The maximum absolute atomic E-state index is 5.68. The average molecular weight is 159 g/mol. The molecule has 0 bridgehead atoms. The fraction of sp³-hybridized carbons (Fsp3) is 0.600. The zero-order valence-electron chi connectivity index (χ0n) is 5.34. The van der Waals surface area contributed by atoms with Crippen molar-refractivity contribution >= 4 is 11.6 Å². The number of aryl methyl sites for hydroxylation is 1. The van der Waals surface area contributed by atoms with Gasteiger partial charge in [-0.15, -0.1) is 10.2 Å². The van der Waals surface area contributed by atoms with Gasteiger partial charge in [-0.25, -0.2) is 4.68 Å². The third-order valence-corrected chi connectivity index (χ3v) is 1.78. The molecule has 0 atom stereocenters. The normalized spacial score (nSPS) is 16.1. The summed E-state index contributed by atoms with van der Waals surface area (Å²) in [6.45, 7) is 0.949. The molecule has 0 unspecified atom stereocenters. The van der Waals surface area contributed by atoms with Crippen molar-refractivity contribution in [2.24, 2.45) is 0 Å². The summed E-state index contributed by atoms with van der Waals surface area (Å²) in [6.07, 6.45) is 2.07. The van der Waals surface area contributed by atoms with E-state index in [1.54, 1.807) is 4.68 Å². The third kappa shape index (κ3) is 0.759. The van der Waals surface area contributed by atoms with Gasteiger partial charge in [-0.2, -0.15) is 0 Å². The van der Waals surface area contributed by atoms with E-state index in [-0.39, 0.29) is 0 Å². The van der Waals surface area contributed by atoms with Gasteiger partial charge < -0.3 is 5.43 Å². The molecular weight excluding hydrogens is 152 g/mol. The van der Waals surface area contributed by atoms with Gasteiger partial charge in [0.15, 0.2) is 5.82 Å². The van der Waals surface area contributed by atoms with Crippen molar-refractivity contribution in [2.75, 3.05) is 12.0 Å². The Bertz CT molecular complexity index is 244. The molecule has 0 spiro atoms. The minimum Gasteiger partial charge on any atom is -0.322 e. The van der Waals surface area contributed by atoms with E-state index in [1.165, 1.54) is 0 Å². The van der Waals surface area contributed by atoms with Crippen LogP contribution in [-0.2, 0) is 6.42 Å². The van der Waals surface area contributed by atoms with Crippen LogP contribution in [0.1, 0.15) is 12.2 Å². The molecule has 1 aromatic heterocycles. The Morgan fingerprint density at radius 1 is 1.50 bits per heavy atom. The molecule has 54 valence electrons. The Morgan fingerprint density at radius 3 is 3.20 bits per heavy atom. The number of nitrogens with one attached hydrogen (secondary N) is 1. The summed E-state index contributed by atoms with van der Waals surface area (Å²) < 4.78 is 1.73. The van der Waals surface area contributed by atoms with Gasteiger partial charge in [0, 0.05) is 13.0 Å². The summed E-state index contributed by atoms with van der Waals surface area (Å²) in [5.41, 5.74) is 3.07. The minimum absolute atomic E-state index is 0.426. The lowest BCUT2D eigenvalue weighted by atomic mass is 10.3. The van der Waals surface area contributed by atoms with Gasteiger partial charge in [0.05, 0.1) is 0 Å². The van der Waals surface area contributed by atoms with Crippen molar-refractivity contribution in [3.05, 3.63) is 11.1 Å². The summed E-state index contributed by atoms with van der Waals surface area (Å²) in [6, 6.07) is 0. The van der Waals surface area contributed by atoms with Crippen LogP contribution in [0.2, 0.25) is 5.28 Å². The molecule has 0 radical (unpaired) electrons. The quantitative estimate of drug-likeness (QED) is 0.595. The van der Waals surface area contributed by atoms with Gasteiger partial charge in [-0.05, 0) is 18.0 Å². The van der Waals surface area contributed by atoms with Crippen LogP contribution in [0.15, 0.2) is 0 Å². The van der Waals surface area contributed by atoms with Crippen molar-refractivity contribution in [1.29, 1.82) is 0 Å². The van der Waals surface area contributed by atoms with Crippen LogP contribution in [-0.4, -0.2) is 21.4 Å². The molecule has 1 N–H and O–H groups in total. The molecule has 4 nitrogen and oxygen atoms in total. The summed E-state index contributed by atoms with van der Waals surface area (Å²) in [5, 5.41) is 8.01. The minimum atomic E-state index is 0.426. The van der Waals surface area contributed by atoms with Gasteiger partial charge in [-0.1, -0.05) is 0 Å². The van der Waals surface area contributed by atoms with Crippen LogP contribution < -0.4 is 5.43 Å². The molecule has 1 aliphatic rings. The highest BCUT2D eigenvalue weighted by Gasteiger charge is 2.12. The second-order valence-corrected chi connectivity index (χ2v) is 2.57. The van der Waals surface area contributed by atoms with E-state index in [4.69, 9.17) is 11.6 Å². The summed E-state index contributed by atoms with van der Waals surface area (Å²) in [5.74, 6) is 0.927. The number of rotatable bonds is 0. The number of nitrogens with zero attached hydrogens (tertiary/aromatic N) is 3. The highest BCUT2D eigenvalue weighted by molar-refractivity contribution is 6.28. The van der Waals surface area contributed by atoms with Crippen LogP contribution in [0.5, 0.6) is 0 Å². The van der Waals surface area contributed by atoms with Crippen LogP contribution in [0.4, 0.5) is 0 Å². The van der Waals surface area contributed by atoms with E-state index in [1.807, 2.05) is 0 Å². The summed E-state index contributed by atoms with van der Waals surface area (Å²) in [7, 11) is 0. The van der Waals surface area contributed by atoms with E-state index >= 15 is 0 Å². The van der Waals surface area contributed by atoms with Gasteiger partial charge in [0.2, 0.25) is 5.28 Å². The lowest BCUT2D eigenvalue weighted by Crippen LogP contribution is -2.24. The average Bonchev–Trinajstić information content (AvgIpc) is 2.34. The van der Waals surface area contributed by atoms with E-state index in [0.717, 1.165) is 25.2 Å². The van der Waals surface area contributed by atoms with E-state index in [0.29, 0.717) is 5.28 Å². The first-order chi connectivity index (χ1) is 4.88. The van der Waals surface area contributed by atoms with E-state index in [9.17, 15) is 0 Å². The highest BCUT2D eigenvalue weighted by atomic mass is 35.5. The largest absolute Gasteiger partial charge is 0.322 e. The number of fused-ring (bicyclic) bond motifs is 1. The van der Waals surface area contributed by atoms with E-state index < -0.39 is 0 Å². The number of hydrogen-bond acceptors (Lipinski definition) is 3. The molecule has 10 heavy (non-hydrogen) atoms. The number of hydrogen-bond donors (Lipinski definition) is 1. The van der Waals surface area contributed by atoms with Gasteiger partial charge in [0.1, 0.15) is 0 Å². The monoisotopic (exact) mass is 158 g/mol. The standard InChI is InChI=1S/C5H7ClN4/c6-5-9-8-4-2-1-3-7-10(4)5/h7H,1-3H2. The molecule has 1 aliphatic heterocycles. The van der Waals surface area contributed by atoms with Crippen molar-refractivity contribution < 1.29 is 0 Å². The van der Waals surface area contributed by atoms with Crippen LogP contribution in [0, 0.1) is 0 Å². The van der Waals surface area contributed by atoms with Crippen LogP contribution >= 0.6 is 11.6 Å². The van der Waals surface area contributed by atoms with Crippen molar-refractivity contribution in [1.82, 2.24) is 14.9 Å². The molecule has 1 aromatic rings. The fourth-order valence-electron chi connectivity index (χ4n) is 1.05. The Labute approximate surface area is 63.2 Å².